The van der Waals surface area contributed by atoms with E-state index in [4.69, 9.17) is 4.74 Å². The van der Waals surface area contributed by atoms with Crippen molar-refractivity contribution in [2.75, 3.05) is 26.3 Å². The van der Waals surface area contributed by atoms with E-state index in [1.807, 2.05) is 0 Å². The van der Waals surface area contributed by atoms with E-state index in [2.05, 4.69) is 12.2 Å². The molecule has 0 amide bonds. The quantitative estimate of drug-likeness (QED) is 0.715. The predicted molar refractivity (Wildman–Crippen MR) is 53.7 cm³/mol. The predicted octanol–water partition coefficient (Wildman–Crippen LogP) is 1.66. The van der Waals surface area contributed by atoms with Gasteiger partial charge in [0.05, 0.1) is 0 Å². The number of hydrogen-bond donors (Lipinski definition) is 1. The smallest absolute Gasteiger partial charge is 0.0469 e. The van der Waals surface area contributed by atoms with Crippen LogP contribution in [0.3, 0.4) is 0 Å². The van der Waals surface area contributed by atoms with Crippen LogP contribution in [0.1, 0.15) is 26.2 Å². The lowest BCUT2D eigenvalue weighted by Gasteiger charge is -2.22. The lowest BCUT2D eigenvalue weighted by Crippen LogP contribution is -2.29. The summed E-state index contributed by atoms with van der Waals surface area (Å²) < 4.78 is 5.33. The van der Waals surface area contributed by atoms with Gasteiger partial charge in [0, 0.05) is 13.2 Å². The van der Waals surface area contributed by atoms with Crippen LogP contribution in [0.4, 0.5) is 0 Å². The molecule has 0 aromatic carbocycles. The molecule has 13 heavy (non-hydrogen) atoms. The molecule has 76 valence electrons. The molecule has 2 heteroatoms. The van der Waals surface area contributed by atoms with Crippen LogP contribution in [0.2, 0.25) is 0 Å². The number of nitrogens with one attached hydrogen (secondary N) is 1. The summed E-state index contributed by atoms with van der Waals surface area (Å²) in [7, 11) is 0. The molecule has 2 nitrogen and oxygen atoms in total. The highest BCUT2D eigenvalue weighted by Crippen LogP contribution is 2.36. The van der Waals surface area contributed by atoms with Crippen LogP contribution < -0.4 is 5.32 Å². The Morgan fingerprint density at radius 1 is 1.23 bits per heavy atom. The van der Waals surface area contributed by atoms with E-state index in [9.17, 15) is 0 Å². The van der Waals surface area contributed by atoms with Gasteiger partial charge in [0.15, 0.2) is 0 Å². The van der Waals surface area contributed by atoms with Crippen LogP contribution in [-0.4, -0.2) is 26.3 Å². The van der Waals surface area contributed by atoms with Crippen molar-refractivity contribution in [2.45, 2.75) is 26.2 Å². The molecule has 2 atom stereocenters. The van der Waals surface area contributed by atoms with Gasteiger partial charge in [-0.3, -0.25) is 0 Å². The molecule has 1 saturated carbocycles. The summed E-state index contributed by atoms with van der Waals surface area (Å²) in [5.41, 5.74) is 0. The number of ether oxygens (including phenoxy) is 1. The zero-order valence-electron chi connectivity index (χ0n) is 8.59. The molecule has 1 heterocycles. The monoisotopic (exact) mass is 183 g/mol. The first-order valence-corrected chi connectivity index (χ1v) is 5.64. The maximum absolute atomic E-state index is 5.33. The molecule has 0 aromatic heterocycles. The molecular formula is C11H21NO. The van der Waals surface area contributed by atoms with E-state index in [-0.39, 0.29) is 0 Å². The van der Waals surface area contributed by atoms with Crippen molar-refractivity contribution in [2.24, 2.45) is 17.8 Å². The minimum atomic E-state index is 0.878. The molecule has 0 spiro atoms. The summed E-state index contributed by atoms with van der Waals surface area (Å²) >= 11 is 0. The molecular weight excluding hydrogens is 162 g/mol. The van der Waals surface area contributed by atoms with Gasteiger partial charge in [-0.05, 0) is 50.1 Å². The first-order chi connectivity index (χ1) is 6.36. The molecule has 2 rings (SSSR count). The summed E-state index contributed by atoms with van der Waals surface area (Å²) in [6.45, 7) is 6.77. The summed E-state index contributed by atoms with van der Waals surface area (Å²) in [5, 5.41) is 3.59. The van der Waals surface area contributed by atoms with Gasteiger partial charge in [-0.2, -0.15) is 0 Å². The second-order valence-corrected chi connectivity index (χ2v) is 4.69. The topological polar surface area (TPSA) is 21.3 Å². The Kier molecular flexibility index (Phi) is 3.23. The maximum Gasteiger partial charge on any atom is 0.0469 e. The van der Waals surface area contributed by atoms with E-state index in [1.54, 1.807) is 0 Å². The Bertz CT molecular complexity index is 154. The normalized spacial score (nSPS) is 34.8. The van der Waals surface area contributed by atoms with Crippen molar-refractivity contribution in [3.05, 3.63) is 0 Å². The average Bonchev–Trinajstić information content (AvgIpc) is 2.84. The van der Waals surface area contributed by atoms with E-state index >= 15 is 0 Å². The first kappa shape index (κ1) is 9.47. The van der Waals surface area contributed by atoms with Crippen LogP contribution in [0, 0.1) is 17.8 Å². The van der Waals surface area contributed by atoms with E-state index in [0.29, 0.717) is 0 Å². The second-order valence-electron chi connectivity index (χ2n) is 4.69. The van der Waals surface area contributed by atoms with Crippen LogP contribution in [0.25, 0.3) is 0 Å². The van der Waals surface area contributed by atoms with Crippen molar-refractivity contribution in [1.82, 2.24) is 5.32 Å². The largest absolute Gasteiger partial charge is 0.381 e. The van der Waals surface area contributed by atoms with Gasteiger partial charge in [-0.1, -0.05) is 6.92 Å². The summed E-state index contributed by atoms with van der Waals surface area (Å²) in [6, 6.07) is 0. The molecule has 2 unspecified atom stereocenters. The van der Waals surface area contributed by atoms with Gasteiger partial charge in [-0.15, -0.1) is 0 Å². The minimum Gasteiger partial charge on any atom is -0.381 e. The summed E-state index contributed by atoms with van der Waals surface area (Å²) in [4.78, 5) is 0. The molecule has 1 N–H and O–H groups in total. The zero-order valence-corrected chi connectivity index (χ0v) is 8.59. The van der Waals surface area contributed by atoms with Gasteiger partial charge in [0.1, 0.15) is 0 Å². The Labute approximate surface area is 81.0 Å². The van der Waals surface area contributed by atoms with Crippen LogP contribution in [-0.2, 0) is 4.74 Å². The molecule has 0 aromatic rings. The van der Waals surface area contributed by atoms with Crippen LogP contribution in [0.5, 0.6) is 0 Å². The van der Waals surface area contributed by atoms with Gasteiger partial charge < -0.3 is 10.1 Å². The highest BCUT2D eigenvalue weighted by molar-refractivity contribution is 4.84. The molecule has 2 aliphatic rings. The van der Waals surface area contributed by atoms with E-state index < -0.39 is 0 Å². The molecule has 0 bridgehead atoms. The van der Waals surface area contributed by atoms with Crippen molar-refractivity contribution in [3.63, 3.8) is 0 Å². The van der Waals surface area contributed by atoms with E-state index in [1.165, 1.54) is 32.4 Å². The lowest BCUT2D eigenvalue weighted by molar-refractivity contribution is 0.0662. The van der Waals surface area contributed by atoms with Crippen molar-refractivity contribution >= 4 is 0 Å². The summed E-state index contributed by atoms with van der Waals surface area (Å²) in [6.07, 6.45) is 3.96. The van der Waals surface area contributed by atoms with E-state index in [0.717, 1.165) is 31.0 Å². The maximum atomic E-state index is 5.33. The Balaban J connectivity index is 1.51. The van der Waals surface area contributed by atoms with Gasteiger partial charge in [-0.25, -0.2) is 0 Å². The standard InChI is InChI=1S/C11H21NO/c1-9-6-11(9)8-12-7-10-2-4-13-5-3-10/h9-12H,2-8H2,1H3. The third kappa shape index (κ3) is 2.96. The zero-order chi connectivity index (χ0) is 9.10. The lowest BCUT2D eigenvalue weighted by atomic mass is 10.0. The Hall–Kier alpha value is -0.0800. The van der Waals surface area contributed by atoms with Crippen molar-refractivity contribution < 1.29 is 4.74 Å². The van der Waals surface area contributed by atoms with Gasteiger partial charge in [0.25, 0.3) is 0 Å². The Morgan fingerprint density at radius 3 is 2.54 bits per heavy atom. The SMILES string of the molecule is CC1CC1CNCC1CCOCC1. The fourth-order valence-corrected chi connectivity index (χ4v) is 2.11. The molecule has 1 aliphatic carbocycles. The highest BCUT2D eigenvalue weighted by Gasteiger charge is 2.31. The third-order valence-electron chi connectivity index (χ3n) is 3.46. The van der Waals surface area contributed by atoms with Gasteiger partial charge >= 0.3 is 0 Å². The molecule has 1 saturated heterocycles. The molecule has 1 aliphatic heterocycles. The minimum absolute atomic E-state index is 0.878. The Morgan fingerprint density at radius 2 is 1.92 bits per heavy atom. The molecule has 0 radical (unpaired) electrons. The molecule has 2 fully saturated rings. The summed E-state index contributed by atoms with van der Waals surface area (Å²) in [5.74, 6) is 2.85. The van der Waals surface area contributed by atoms with Crippen molar-refractivity contribution in [1.29, 1.82) is 0 Å². The number of rotatable bonds is 4. The first-order valence-electron chi connectivity index (χ1n) is 5.64. The fraction of sp³-hybridized carbons (Fsp3) is 1.00. The third-order valence-corrected chi connectivity index (χ3v) is 3.46. The second kappa shape index (κ2) is 4.43. The van der Waals surface area contributed by atoms with Crippen LogP contribution >= 0.6 is 0 Å². The van der Waals surface area contributed by atoms with Crippen molar-refractivity contribution in [3.8, 4) is 0 Å². The van der Waals surface area contributed by atoms with Gasteiger partial charge in [0.2, 0.25) is 0 Å². The number of hydrogen-bond acceptors (Lipinski definition) is 2. The fourth-order valence-electron chi connectivity index (χ4n) is 2.11. The van der Waals surface area contributed by atoms with Crippen LogP contribution in [0.15, 0.2) is 0 Å². The average molecular weight is 183 g/mol. The highest BCUT2D eigenvalue weighted by atomic mass is 16.5.